The minimum atomic E-state index is 0.602. The summed E-state index contributed by atoms with van der Waals surface area (Å²) in [4.78, 5) is 2.04. The molecule has 0 atom stereocenters. The minimum Gasteiger partial charge on any atom is -0.467 e. The van der Waals surface area contributed by atoms with Gasteiger partial charge in [0.15, 0.2) is 5.11 Å². The fourth-order valence-corrected chi connectivity index (χ4v) is 2.68. The highest BCUT2D eigenvalue weighted by Crippen LogP contribution is 2.11. The molecule has 2 aromatic heterocycles. The average molecular weight is 340 g/mol. The second kappa shape index (κ2) is 8.36. The molecule has 0 aliphatic heterocycles. The molecule has 0 amide bonds. The first-order chi connectivity index (χ1) is 11.8. The molecule has 0 saturated carbocycles. The van der Waals surface area contributed by atoms with E-state index in [-0.39, 0.29) is 0 Å². The average Bonchev–Trinajstić information content (AvgIpc) is 3.29. The summed E-state index contributed by atoms with van der Waals surface area (Å²) in [5, 5.41) is 4.02. The van der Waals surface area contributed by atoms with Gasteiger partial charge < -0.3 is 19.1 Å². The molecule has 0 bridgehead atoms. The number of hydrogen-bond acceptors (Lipinski definition) is 3. The van der Waals surface area contributed by atoms with Crippen molar-refractivity contribution in [2.45, 2.75) is 19.5 Å². The maximum absolute atomic E-state index is 5.57. The Bertz CT molecular complexity index is 688. The Morgan fingerprint density at radius 1 is 0.875 bits per heavy atom. The van der Waals surface area contributed by atoms with Crippen molar-refractivity contribution in [3.63, 3.8) is 0 Å². The Morgan fingerprint density at radius 2 is 1.50 bits per heavy atom. The lowest BCUT2D eigenvalue weighted by Gasteiger charge is -2.24. The van der Waals surface area contributed by atoms with Crippen LogP contribution in [0.15, 0.2) is 76.0 Å². The van der Waals surface area contributed by atoms with Gasteiger partial charge in [-0.15, -0.1) is 0 Å². The van der Waals surface area contributed by atoms with Crippen LogP contribution in [0.25, 0.3) is 0 Å². The van der Waals surface area contributed by atoms with Crippen LogP contribution < -0.4 is 5.32 Å². The zero-order valence-corrected chi connectivity index (χ0v) is 14.2. The number of benzene rings is 1. The second-order valence-electron chi connectivity index (χ2n) is 5.48. The van der Waals surface area contributed by atoms with Crippen molar-refractivity contribution in [2.24, 2.45) is 0 Å². The van der Waals surface area contributed by atoms with Gasteiger partial charge in [0.2, 0.25) is 0 Å². The Labute approximate surface area is 147 Å². The molecular formula is C19H20N2O2S. The Balaban J connectivity index is 1.57. The van der Waals surface area contributed by atoms with Gasteiger partial charge in [0.1, 0.15) is 11.5 Å². The number of furan rings is 2. The van der Waals surface area contributed by atoms with E-state index in [1.807, 2.05) is 47.4 Å². The van der Waals surface area contributed by atoms with Gasteiger partial charge in [0, 0.05) is 6.54 Å². The molecule has 5 heteroatoms. The van der Waals surface area contributed by atoms with Crippen molar-refractivity contribution in [3.8, 4) is 0 Å². The van der Waals surface area contributed by atoms with Gasteiger partial charge >= 0.3 is 0 Å². The summed E-state index contributed by atoms with van der Waals surface area (Å²) in [6.45, 7) is 1.99. The SMILES string of the molecule is S=C(NCCc1ccccc1)N(Cc1ccco1)Cc1ccco1. The van der Waals surface area contributed by atoms with Crippen LogP contribution in [0.2, 0.25) is 0 Å². The maximum Gasteiger partial charge on any atom is 0.169 e. The summed E-state index contributed by atoms with van der Waals surface area (Å²) in [6, 6.07) is 18.0. The van der Waals surface area contributed by atoms with E-state index < -0.39 is 0 Å². The highest BCUT2D eigenvalue weighted by molar-refractivity contribution is 7.80. The molecule has 0 aliphatic rings. The summed E-state index contributed by atoms with van der Waals surface area (Å²) >= 11 is 5.57. The second-order valence-corrected chi connectivity index (χ2v) is 5.87. The number of thiocarbonyl (C=S) groups is 1. The molecule has 0 fully saturated rings. The zero-order chi connectivity index (χ0) is 16.6. The maximum atomic E-state index is 5.57. The first-order valence-electron chi connectivity index (χ1n) is 7.93. The van der Waals surface area contributed by atoms with Gasteiger partial charge in [-0.2, -0.15) is 0 Å². The van der Waals surface area contributed by atoms with Gasteiger partial charge in [-0.05, 0) is 48.5 Å². The van der Waals surface area contributed by atoms with Crippen LogP contribution in [0.3, 0.4) is 0 Å². The molecule has 3 rings (SSSR count). The van der Waals surface area contributed by atoms with Gasteiger partial charge in [-0.3, -0.25) is 0 Å². The standard InChI is InChI=1S/C19H20N2O2S/c24-19(20-11-10-16-6-2-1-3-7-16)21(14-17-8-4-12-22-17)15-18-9-5-13-23-18/h1-9,12-13H,10-11,14-15H2,(H,20,24). The monoisotopic (exact) mass is 340 g/mol. The van der Waals surface area contributed by atoms with Crippen LogP contribution in [0.1, 0.15) is 17.1 Å². The molecule has 3 aromatic rings. The predicted octanol–water partition coefficient (Wildman–Crippen LogP) is 3.99. The molecule has 24 heavy (non-hydrogen) atoms. The van der Waals surface area contributed by atoms with E-state index in [0.717, 1.165) is 24.5 Å². The molecule has 1 N–H and O–H groups in total. The molecular weight excluding hydrogens is 320 g/mol. The van der Waals surface area contributed by atoms with E-state index >= 15 is 0 Å². The first kappa shape index (κ1) is 16.3. The third kappa shape index (κ3) is 4.73. The van der Waals surface area contributed by atoms with Crippen molar-refractivity contribution >= 4 is 17.3 Å². The van der Waals surface area contributed by atoms with E-state index in [2.05, 4.69) is 17.4 Å². The number of nitrogens with one attached hydrogen (secondary N) is 1. The lowest BCUT2D eigenvalue weighted by atomic mass is 10.1. The van der Waals surface area contributed by atoms with Crippen molar-refractivity contribution < 1.29 is 8.83 Å². The van der Waals surface area contributed by atoms with E-state index in [4.69, 9.17) is 21.1 Å². The van der Waals surface area contributed by atoms with E-state index in [9.17, 15) is 0 Å². The molecule has 0 spiro atoms. The molecule has 0 saturated heterocycles. The predicted molar refractivity (Wildman–Crippen MR) is 97.4 cm³/mol. The topological polar surface area (TPSA) is 41.5 Å². The summed E-state index contributed by atoms with van der Waals surface area (Å²) in [7, 11) is 0. The quantitative estimate of drug-likeness (QED) is 0.659. The number of rotatable bonds is 7. The van der Waals surface area contributed by atoms with E-state index in [0.29, 0.717) is 18.2 Å². The van der Waals surface area contributed by atoms with Gasteiger partial charge in [0.25, 0.3) is 0 Å². The summed E-state index contributed by atoms with van der Waals surface area (Å²) in [5.41, 5.74) is 1.29. The van der Waals surface area contributed by atoms with Crippen molar-refractivity contribution in [1.29, 1.82) is 0 Å². The zero-order valence-electron chi connectivity index (χ0n) is 13.4. The first-order valence-corrected chi connectivity index (χ1v) is 8.33. The summed E-state index contributed by atoms with van der Waals surface area (Å²) < 4.78 is 10.9. The van der Waals surface area contributed by atoms with Crippen LogP contribution in [-0.4, -0.2) is 16.6 Å². The molecule has 4 nitrogen and oxygen atoms in total. The number of hydrogen-bond donors (Lipinski definition) is 1. The van der Waals surface area contributed by atoms with E-state index in [1.165, 1.54) is 5.56 Å². The van der Waals surface area contributed by atoms with Crippen LogP contribution in [0.5, 0.6) is 0 Å². The summed E-state index contributed by atoms with van der Waals surface area (Å²) in [5.74, 6) is 1.74. The highest BCUT2D eigenvalue weighted by atomic mass is 32.1. The molecule has 0 aliphatic carbocycles. The molecule has 0 unspecified atom stereocenters. The van der Waals surface area contributed by atoms with Crippen LogP contribution >= 0.6 is 12.2 Å². The smallest absolute Gasteiger partial charge is 0.169 e. The third-order valence-electron chi connectivity index (χ3n) is 3.67. The number of nitrogens with zero attached hydrogens (tertiary/aromatic N) is 1. The Hall–Kier alpha value is -2.53. The fourth-order valence-electron chi connectivity index (χ4n) is 2.45. The lowest BCUT2D eigenvalue weighted by molar-refractivity contribution is 0.322. The summed E-state index contributed by atoms with van der Waals surface area (Å²) in [6.07, 6.45) is 4.27. The largest absolute Gasteiger partial charge is 0.467 e. The van der Waals surface area contributed by atoms with Crippen LogP contribution in [0.4, 0.5) is 0 Å². The van der Waals surface area contributed by atoms with Gasteiger partial charge in [-0.1, -0.05) is 30.3 Å². The van der Waals surface area contributed by atoms with Crippen molar-refractivity contribution in [2.75, 3.05) is 6.54 Å². The third-order valence-corrected chi connectivity index (χ3v) is 4.08. The molecule has 2 heterocycles. The van der Waals surface area contributed by atoms with Crippen LogP contribution in [0, 0.1) is 0 Å². The molecule has 0 radical (unpaired) electrons. The Kier molecular flexibility index (Phi) is 5.69. The minimum absolute atomic E-state index is 0.602. The fraction of sp³-hybridized carbons (Fsp3) is 0.211. The van der Waals surface area contributed by atoms with E-state index in [1.54, 1.807) is 12.5 Å². The van der Waals surface area contributed by atoms with Gasteiger partial charge in [0.05, 0.1) is 25.6 Å². The highest BCUT2D eigenvalue weighted by Gasteiger charge is 2.13. The van der Waals surface area contributed by atoms with Crippen LogP contribution in [-0.2, 0) is 19.5 Å². The Morgan fingerprint density at radius 3 is 2.04 bits per heavy atom. The molecule has 1 aromatic carbocycles. The lowest BCUT2D eigenvalue weighted by Crippen LogP contribution is -2.39. The molecule has 124 valence electrons. The van der Waals surface area contributed by atoms with Gasteiger partial charge in [-0.25, -0.2) is 0 Å². The van der Waals surface area contributed by atoms with Crippen molar-refractivity contribution in [3.05, 3.63) is 84.2 Å². The van der Waals surface area contributed by atoms with Crippen molar-refractivity contribution in [1.82, 2.24) is 10.2 Å². The normalized spacial score (nSPS) is 10.5.